The maximum absolute atomic E-state index is 12.7. The van der Waals surface area contributed by atoms with Crippen LogP contribution < -0.4 is 16.0 Å². The second kappa shape index (κ2) is 6.77. The highest BCUT2D eigenvalue weighted by Crippen LogP contribution is 2.34. The molecule has 1 rings (SSSR count). The molecule has 5 nitrogen and oxygen atoms in total. The zero-order valence-electron chi connectivity index (χ0n) is 12.0. The van der Waals surface area contributed by atoms with Crippen LogP contribution in [0.4, 0.5) is 24.5 Å². The molecule has 0 fully saturated rings. The first-order chi connectivity index (χ1) is 9.66. The van der Waals surface area contributed by atoms with Crippen molar-refractivity contribution in [2.45, 2.75) is 12.2 Å². The maximum Gasteiger partial charge on any atom is 0.416 e. The number of halogens is 3. The van der Waals surface area contributed by atoms with Crippen molar-refractivity contribution >= 4 is 17.3 Å². The number of benzene rings is 1. The molecule has 0 saturated heterocycles. The first-order valence-electron chi connectivity index (χ1n) is 6.10. The van der Waals surface area contributed by atoms with E-state index in [9.17, 15) is 18.0 Å². The Labute approximate surface area is 120 Å². The highest BCUT2D eigenvalue weighted by molar-refractivity contribution is 5.97. The summed E-state index contributed by atoms with van der Waals surface area (Å²) in [6.07, 6.45) is -4.49. The molecule has 0 aliphatic rings. The molecular weight excluding hydrogens is 287 g/mol. The maximum atomic E-state index is 12.7. The Morgan fingerprint density at radius 3 is 2.52 bits per heavy atom. The summed E-state index contributed by atoms with van der Waals surface area (Å²) in [7, 11) is 4.70. The van der Waals surface area contributed by atoms with Crippen molar-refractivity contribution < 1.29 is 22.7 Å². The third kappa shape index (κ3) is 4.61. The molecular formula is C13H18F3N3O2. The van der Waals surface area contributed by atoms with Gasteiger partial charge in [-0.15, -0.1) is 0 Å². The highest BCUT2D eigenvalue weighted by atomic mass is 19.4. The predicted molar refractivity (Wildman–Crippen MR) is 74.3 cm³/mol. The molecule has 1 aromatic carbocycles. The Bertz CT molecular complexity index is 504. The van der Waals surface area contributed by atoms with E-state index in [0.29, 0.717) is 5.69 Å². The van der Waals surface area contributed by atoms with Gasteiger partial charge in [0, 0.05) is 21.2 Å². The van der Waals surface area contributed by atoms with E-state index in [1.807, 2.05) is 0 Å². The van der Waals surface area contributed by atoms with Crippen LogP contribution in [0, 0.1) is 0 Å². The van der Waals surface area contributed by atoms with E-state index < -0.39 is 23.7 Å². The number of ether oxygens (including phenoxy) is 1. The van der Waals surface area contributed by atoms with E-state index in [2.05, 4.69) is 5.32 Å². The molecule has 1 unspecified atom stereocenters. The SMILES string of the molecule is COCC(N)C(=O)Nc1cc(C(F)(F)F)ccc1N(C)C. The minimum atomic E-state index is -4.49. The van der Waals surface area contributed by atoms with Crippen LogP contribution in [0.25, 0.3) is 0 Å². The lowest BCUT2D eigenvalue weighted by atomic mass is 10.1. The topological polar surface area (TPSA) is 67.6 Å². The third-order valence-corrected chi connectivity index (χ3v) is 2.75. The van der Waals surface area contributed by atoms with E-state index >= 15 is 0 Å². The van der Waals surface area contributed by atoms with Gasteiger partial charge in [0.2, 0.25) is 5.91 Å². The Balaban J connectivity index is 3.10. The molecule has 0 aliphatic carbocycles. The van der Waals surface area contributed by atoms with Gasteiger partial charge in [0.1, 0.15) is 6.04 Å². The van der Waals surface area contributed by atoms with Gasteiger partial charge < -0.3 is 20.7 Å². The average molecular weight is 305 g/mol. The first-order valence-corrected chi connectivity index (χ1v) is 6.10. The van der Waals surface area contributed by atoms with E-state index in [-0.39, 0.29) is 12.3 Å². The number of carbonyl (C=O) groups excluding carboxylic acids is 1. The van der Waals surface area contributed by atoms with E-state index in [1.54, 1.807) is 19.0 Å². The standard InChI is InChI=1S/C13H18F3N3O2/c1-19(2)11-5-4-8(13(14,15)16)6-10(11)18-12(20)9(17)7-21-3/h4-6,9H,7,17H2,1-3H3,(H,18,20). The fraction of sp³-hybridized carbons (Fsp3) is 0.462. The molecule has 1 aromatic rings. The summed E-state index contributed by atoms with van der Waals surface area (Å²) < 4.78 is 43.0. The molecule has 1 atom stereocenters. The number of amides is 1. The predicted octanol–water partition coefficient (Wildman–Crippen LogP) is 1.68. The van der Waals surface area contributed by atoms with Gasteiger partial charge in [0.05, 0.1) is 23.5 Å². The number of hydrogen-bond donors (Lipinski definition) is 2. The summed E-state index contributed by atoms with van der Waals surface area (Å²) in [6, 6.07) is 2.17. The molecule has 0 spiro atoms. The minimum absolute atomic E-state index is 0.0257. The normalized spacial score (nSPS) is 12.9. The second-order valence-electron chi connectivity index (χ2n) is 4.68. The van der Waals surface area contributed by atoms with Crippen molar-refractivity contribution in [2.75, 3.05) is 38.0 Å². The fourth-order valence-corrected chi connectivity index (χ4v) is 1.68. The van der Waals surface area contributed by atoms with Crippen LogP contribution in [0.3, 0.4) is 0 Å². The Hall–Kier alpha value is -1.80. The van der Waals surface area contributed by atoms with E-state index in [1.165, 1.54) is 13.2 Å². The van der Waals surface area contributed by atoms with Crippen molar-refractivity contribution in [1.29, 1.82) is 0 Å². The van der Waals surface area contributed by atoms with Crippen molar-refractivity contribution in [1.82, 2.24) is 0 Å². The largest absolute Gasteiger partial charge is 0.416 e. The first kappa shape index (κ1) is 17.3. The molecule has 0 saturated carbocycles. The Kier molecular flexibility index (Phi) is 5.56. The number of rotatable bonds is 5. The lowest BCUT2D eigenvalue weighted by molar-refractivity contribution is -0.137. The van der Waals surface area contributed by atoms with E-state index in [4.69, 9.17) is 10.5 Å². The molecule has 0 heterocycles. The summed E-state index contributed by atoms with van der Waals surface area (Å²) in [6.45, 7) is -0.0257. The third-order valence-electron chi connectivity index (χ3n) is 2.75. The lowest BCUT2D eigenvalue weighted by Crippen LogP contribution is -2.39. The average Bonchev–Trinajstić information content (AvgIpc) is 2.37. The Morgan fingerprint density at radius 2 is 2.05 bits per heavy atom. The summed E-state index contributed by atoms with van der Waals surface area (Å²) in [4.78, 5) is 13.4. The zero-order valence-corrected chi connectivity index (χ0v) is 12.0. The van der Waals surface area contributed by atoms with Gasteiger partial charge in [-0.25, -0.2) is 0 Å². The second-order valence-corrected chi connectivity index (χ2v) is 4.68. The Morgan fingerprint density at radius 1 is 1.43 bits per heavy atom. The van der Waals surface area contributed by atoms with Crippen LogP contribution in [0.15, 0.2) is 18.2 Å². The molecule has 0 aliphatic heterocycles. The van der Waals surface area contributed by atoms with Crippen LogP contribution in [0.5, 0.6) is 0 Å². The van der Waals surface area contributed by atoms with Gasteiger partial charge in [-0.1, -0.05) is 0 Å². The van der Waals surface area contributed by atoms with Crippen molar-refractivity contribution in [3.63, 3.8) is 0 Å². The van der Waals surface area contributed by atoms with Crippen molar-refractivity contribution in [2.24, 2.45) is 5.73 Å². The summed E-state index contributed by atoms with van der Waals surface area (Å²) >= 11 is 0. The number of carbonyl (C=O) groups is 1. The van der Waals surface area contributed by atoms with Gasteiger partial charge in [0.15, 0.2) is 0 Å². The molecule has 1 amide bonds. The van der Waals surface area contributed by atoms with Crippen LogP contribution in [-0.4, -0.2) is 39.8 Å². The quantitative estimate of drug-likeness (QED) is 0.868. The number of alkyl halides is 3. The van der Waals surface area contributed by atoms with Gasteiger partial charge in [-0.05, 0) is 18.2 Å². The molecule has 0 aromatic heterocycles. The molecule has 0 bridgehead atoms. The summed E-state index contributed by atoms with van der Waals surface area (Å²) in [5.41, 5.74) is 5.20. The van der Waals surface area contributed by atoms with Crippen molar-refractivity contribution in [3.8, 4) is 0 Å². The van der Waals surface area contributed by atoms with Crippen molar-refractivity contribution in [3.05, 3.63) is 23.8 Å². The highest BCUT2D eigenvalue weighted by Gasteiger charge is 2.31. The van der Waals surface area contributed by atoms with Gasteiger partial charge in [-0.2, -0.15) is 13.2 Å². The number of nitrogens with two attached hydrogens (primary N) is 1. The molecule has 3 N–H and O–H groups in total. The van der Waals surface area contributed by atoms with Crippen LogP contribution in [0.1, 0.15) is 5.56 Å². The van der Waals surface area contributed by atoms with Crippen LogP contribution in [0.2, 0.25) is 0 Å². The minimum Gasteiger partial charge on any atom is -0.383 e. The number of anilines is 2. The van der Waals surface area contributed by atoms with Crippen LogP contribution in [-0.2, 0) is 15.7 Å². The fourth-order valence-electron chi connectivity index (χ4n) is 1.68. The van der Waals surface area contributed by atoms with E-state index in [0.717, 1.165) is 12.1 Å². The van der Waals surface area contributed by atoms with Gasteiger partial charge in [-0.3, -0.25) is 4.79 Å². The van der Waals surface area contributed by atoms with Gasteiger partial charge in [0.25, 0.3) is 0 Å². The number of hydrogen-bond acceptors (Lipinski definition) is 4. The molecule has 8 heteroatoms. The lowest BCUT2D eigenvalue weighted by Gasteiger charge is -2.21. The monoisotopic (exact) mass is 305 g/mol. The van der Waals surface area contributed by atoms with Crippen LogP contribution >= 0.6 is 0 Å². The summed E-state index contributed by atoms with van der Waals surface area (Å²) in [5.74, 6) is -0.612. The zero-order chi connectivity index (χ0) is 16.2. The number of nitrogens with zero attached hydrogens (tertiary/aromatic N) is 1. The summed E-state index contributed by atoms with van der Waals surface area (Å²) in [5, 5.41) is 2.40. The van der Waals surface area contributed by atoms with Gasteiger partial charge >= 0.3 is 6.18 Å². The number of methoxy groups -OCH3 is 1. The smallest absolute Gasteiger partial charge is 0.383 e. The molecule has 0 radical (unpaired) electrons. The molecule has 118 valence electrons. The molecule has 21 heavy (non-hydrogen) atoms. The number of nitrogens with one attached hydrogen (secondary N) is 1.